The molecule has 9 heteroatoms. The summed E-state index contributed by atoms with van der Waals surface area (Å²) in [4.78, 5) is 45.6. The number of carbonyl (C=O) groups is 3. The third-order valence-electron chi connectivity index (χ3n) is 4.53. The van der Waals surface area contributed by atoms with Gasteiger partial charge in [0.05, 0.1) is 17.4 Å². The van der Waals surface area contributed by atoms with Gasteiger partial charge in [-0.05, 0) is 49.4 Å². The molecule has 2 aromatic rings. The Balaban J connectivity index is 1.84. The predicted octanol–water partition coefficient (Wildman–Crippen LogP) is -1.66. The van der Waals surface area contributed by atoms with Crippen molar-refractivity contribution in [1.29, 1.82) is 0 Å². The summed E-state index contributed by atoms with van der Waals surface area (Å²) in [5.74, 6) is -3.88. The summed E-state index contributed by atoms with van der Waals surface area (Å²) in [7, 11) is 0. The fourth-order valence-corrected chi connectivity index (χ4v) is 3.36. The van der Waals surface area contributed by atoms with Gasteiger partial charge in [-0.25, -0.2) is 4.79 Å². The van der Waals surface area contributed by atoms with E-state index in [0.717, 1.165) is 17.5 Å². The van der Waals surface area contributed by atoms with Gasteiger partial charge in [0.15, 0.2) is 6.61 Å². The molecule has 0 fully saturated rings. The summed E-state index contributed by atoms with van der Waals surface area (Å²) in [6.07, 6.45) is 1.18. The van der Waals surface area contributed by atoms with E-state index < -0.39 is 36.9 Å². The summed E-state index contributed by atoms with van der Waals surface area (Å²) in [5.41, 5.74) is 2.13. The predicted molar refractivity (Wildman–Crippen MR) is 91.3 cm³/mol. The number of rotatable bonds is 7. The number of hydrogen-bond donors (Lipinski definition) is 1. The Hall–Kier alpha value is -3.36. The van der Waals surface area contributed by atoms with Crippen molar-refractivity contribution in [1.82, 2.24) is 5.32 Å². The third-order valence-corrected chi connectivity index (χ3v) is 4.53. The molecule has 0 radical (unpaired) electrons. The van der Waals surface area contributed by atoms with E-state index in [-0.39, 0.29) is 5.63 Å². The molecule has 0 spiro atoms. The number of amides is 1. The van der Waals surface area contributed by atoms with Crippen molar-refractivity contribution in [3.8, 4) is 5.75 Å². The highest BCUT2D eigenvalue weighted by Gasteiger charge is 2.23. The van der Waals surface area contributed by atoms with Gasteiger partial charge in [-0.2, -0.15) is 0 Å². The lowest BCUT2D eigenvalue weighted by Crippen LogP contribution is -2.51. The Kier molecular flexibility index (Phi) is 5.34. The lowest BCUT2D eigenvalue weighted by molar-refractivity contribution is -0.317. The van der Waals surface area contributed by atoms with Crippen molar-refractivity contribution >= 4 is 28.8 Å². The Bertz CT molecular complexity index is 1020. The largest absolute Gasteiger partial charge is 0.550 e. The van der Waals surface area contributed by atoms with Crippen LogP contribution in [0.2, 0.25) is 0 Å². The Morgan fingerprint density at radius 3 is 2.61 bits per heavy atom. The quantitative estimate of drug-likeness (QED) is 0.555. The zero-order valence-corrected chi connectivity index (χ0v) is 15.0. The zero-order chi connectivity index (χ0) is 20.4. The first-order valence-corrected chi connectivity index (χ1v) is 8.68. The molecular formula is C19H17NO8-2. The summed E-state index contributed by atoms with van der Waals surface area (Å²) >= 11 is 0. The lowest BCUT2D eigenvalue weighted by atomic mass is 10.0. The molecule has 9 nitrogen and oxygen atoms in total. The van der Waals surface area contributed by atoms with E-state index in [2.05, 4.69) is 0 Å². The lowest BCUT2D eigenvalue weighted by Gasteiger charge is -2.20. The van der Waals surface area contributed by atoms with Gasteiger partial charge < -0.3 is 34.3 Å². The smallest absolute Gasteiger partial charge is 0.339 e. The van der Waals surface area contributed by atoms with Crippen molar-refractivity contribution in [3.63, 3.8) is 0 Å². The minimum atomic E-state index is -1.74. The number of benzene rings is 1. The van der Waals surface area contributed by atoms with Crippen LogP contribution < -0.4 is 25.9 Å². The Morgan fingerprint density at radius 2 is 1.93 bits per heavy atom. The van der Waals surface area contributed by atoms with Gasteiger partial charge >= 0.3 is 5.63 Å². The molecule has 1 heterocycles. The van der Waals surface area contributed by atoms with E-state index in [1.54, 1.807) is 19.1 Å². The maximum Gasteiger partial charge on any atom is 0.339 e. The number of ether oxygens (including phenoxy) is 1. The summed E-state index contributed by atoms with van der Waals surface area (Å²) < 4.78 is 10.9. The highest BCUT2D eigenvalue weighted by molar-refractivity contribution is 5.90. The maximum atomic E-state index is 12.1. The number of aryl methyl sites for hydroxylation is 2. The van der Waals surface area contributed by atoms with Crippen molar-refractivity contribution in [2.45, 2.75) is 38.6 Å². The second-order valence-corrected chi connectivity index (χ2v) is 6.64. The molecular weight excluding hydrogens is 370 g/mol. The van der Waals surface area contributed by atoms with Gasteiger partial charge in [0, 0.05) is 18.0 Å². The van der Waals surface area contributed by atoms with E-state index in [9.17, 15) is 29.4 Å². The zero-order valence-electron chi connectivity index (χ0n) is 15.0. The second-order valence-electron chi connectivity index (χ2n) is 6.64. The number of fused-ring (bicyclic) bond motifs is 3. The number of nitrogens with one attached hydrogen (secondary N) is 1. The minimum Gasteiger partial charge on any atom is -0.550 e. The van der Waals surface area contributed by atoms with Gasteiger partial charge in [-0.3, -0.25) is 4.79 Å². The van der Waals surface area contributed by atoms with Crippen LogP contribution in [0.25, 0.3) is 11.0 Å². The first-order valence-electron chi connectivity index (χ1n) is 8.68. The molecule has 1 atom stereocenters. The molecule has 3 rings (SSSR count). The van der Waals surface area contributed by atoms with Crippen LogP contribution in [0.15, 0.2) is 21.3 Å². The van der Waals surface area contributed by atoms with Crippen LogP contribution in [0.3, 0.4) is 0 Å². The van der Waals surface area contributed by atoms with Crippen molar-refractivity contribution in [3.05, 3.63) is 39.2 Å². The molecule has 1 aromatic heterocycles. The minimum absolute atomic E-state index is 0.331. The first kappa shape index (κ1) is 19.4. The van der Waals surface area contributed by atoms with Crippen molar-refractivity contribution in [2.24, 2.45) is 0 Å². The van der Waals surface area contributed by atoms with Crippen LogP contribution >= 0.6 is 0 Å². The normalized spacial score (nSPS) is 13.8. The Morgan fingerprint density at radius 1 is 1.21 bits per heavy atom. The molecule has 28 heavy (non-hydrogen) atoms. The fourth-order valence-electron chi connectivity index (χ4n) is 3.36. The van der Waals surface area contributed by atoms with E-state index in [0.29, 0.717) is 35.1 Å². The molecule has 1 aliphatic carbocycles. The van der Waals surface area contributed by atoms with Gasteiger partial charge in [-0.1, -0.05) is 0 Å². The molecule has 1 aromatic carbocycles. The molecule has 0 saturated heterocycles. The van der Waals surface area contributed by atoms with Gasteiger partial charge in [0.1, 0.15) is 11.3 Å². The Labute approximate surface area is 158 Å². The molecule has 1 N–H and O–H groups in total. The topological polar surface area (TPSA) is 149 Å². The monoisotopic (exact) mass is 387 g/mol. The number of aliphatic carboxylic acids is 2. The van der Waals surface area contributed by atoms with Crippen LogP contribution in [0, 0.1) is 6.92 Å². The molecule has 148 valence electrons. The number of carboxylic acids is 2. The first-order chi connectivity index (χ1) is 13.3. The molecule has 0 aliphatic heterocycles. The van der Waals surface area contributed by atoms with Crippen LogP contribution in [-0.2, 0) is 27.2 Å². The maximum absolute atomic E-state index is 12.1. The highest BCUT2D eigenvalue weighted by atomic mass is 16.5. The number of carboxylic acid groups (broad SMARTS) is 2. The van der Waals surface area contributed by atoms with Crippen LogP contribution in [0.5, 0.6) is 5.75 Å². The van der Waals surface area contributed by atoms with E-state index >= 15 is 0 Å². The molecule has 0 bridgehead atoms. The molecule has 0 unspecified atom stereocenters. The van der Waals surface area contributed by atoms with Gasteiger partial charge in [-0.15, -0.1) is 0 Å². The third kappa shape index (κ3) is 3.98. The molecule has 0 saturated carbocycles. The van der Waals surface area contributed by atoms with Crippen molar-refractivity contribution in [2.75, 3.05) is 6.61 Å². The standard InChI is InChI=1S/C19H19NO8/c1-9-5-13(27-8-15(21)20-12(18(24)25)7-16(22)23)17-10-3-2-4-11(10)19(26)28-14(17)6-9/h5-6,12H,2-4,7-8H2,1H3,(H,20,21)(H,22,23)(H,24,25)/p-2/t12-/m0/s1. The number of hydrogen-bond acceptors (Lipinski definition) is 8. The highest BCUT2D eigenvalue weighted by Crippen LogP contribution is 2.35. The average molecular weight is 387 g/mol. The SMILES string of the molecule is Cc1cc(OCC(=O)N[C@@H](CC(=O)[O-])C(=O)[O-])c2c3c(c(=O)oc2c1)CCC3. The summed E-state index contributed by atoms with van der Waals surface area (Å²) in [5, 5.41) is 24.1. The fraction of sp³-hybridized carbons (Fsp3) is 0.368. The van der Waals surface area contributed by atoms with Crippen molar-refractivity contribution < 1.29 is 33.8 Å². The molecule has 1 amide bonds. The summed E-state index contributed by atoms with van der Waals surface area (Å²) in [6.45, 7) is 1.22. The van der Waals surface area contributed by atoms with E-state index in [1.165, 1.54) is 0 Å². The second kappa shape index (κ2) is 7.71. The van der Waals surface area contributed by atoms with Crippen LogP contribution in [-0.4, -0.2) is 30.5 Å². The van der Waals surface area contributed by atoms with Gasteiger partial charge in [0.25, 0.3) is 5.91 Å². The molecule has 1 aliphatic rings. The van der Waals surface area contributed by atoms with Crippen LogP contribution in [0.4, 0.5) is 0 Å². The van der Waals surface area contributed by atoms with Gasteiger partial charge in [0.2, 0.25) is 0 Å². The van der Waals surface area contributed by atoms with Crippen LogP contribution in [0.1, 0.15) is 29.5 Å². The van der Waals surface area contributed by atoms with E-state index in [1.807, 2.05) is 5.32 Å². The average Bonchev–Trinajstić information content (AvgIpc) is 3.08. The summed E-state index contributed by atoms with van der Waals surface area (Å²) in [6, 6.07) is 1.66. The van der Waals surface area contributed by atoms with E-state index in [4.69, 9.17) is 9.15 Å². The number of carbonyl (C=O) groups excluding carboxylic acids is 3.